The van der Waals surface area contributed by atoms with Crippen molar-refractivity contribution in [2.24, 2.45) is 17.3 Å². The smallest absolute Gasteiger partial charge is 0.167 e. The Morgan fingerprint density at radius 2 is 1.90 bits per heavy atom. The molecule has 0 unspecified atom stereocenters. The largest absolute Gasteiger partial charge is 0.508 e. The number of phenols is 1. The lowest BCUT2D eigenvalue weighted by molar-refractivity contribution is -0.0226. The minimum Gasteiger partial charge on any atom is -0.508 e. The van der Waals surface area contributed by atoms with Gasteiger partial charge in [0.2, 0.25) is 0 Å². The standard InChI is InChI=1S/C26H30O3/c1-26-12-11-19-20(22(26)9-10-25(26)29)8-7-17-14-24(28)18(13-21(17)19)15-23(27)16-5-3-2-4-6-16/h2-6,13-14,19-20,22,25,28-29H,7-12,15H2,1H3/t19-,20+,22-,25-,26-/m0/s1. The Morgan fingerprint density at radius 1 is 1.10 bits per heavy atom. The van der Waals surface area contributed by atoms with Crippen LogP contribution in [0.2, 0.25) is 0 Å². The molecule has 3 aliphatic carbocycles. The molecule has 5 rings (SSSR count). The van der Waals surface area contributed by atoms with E-state index >= 15 is 0 Å². The zero-order chi connectivity index (χ0) is 20.2. The van der Waals surface area contributed by atoms with Gasteiger partial charge in [-0.15, -0.1) is 0 Å². The fourth-order valence-electron chi connectivity index (χ4n) is 6.67. The van der Waals surface area contributed by atoms with Gasteiger partial charge in [0.05, 0.1) is 6.10 Å². The van der Waals surface area contributed by atoms with E-state index in [0.29, 0.717) is 23.3 Å². The van der Waals surface area contributed by atoms with Crippen molar-refractivity contribution in [2.75, 3.05) is 0 Å². The zero-order valence-electron chi connectivity index (χ0n) is 17.1. The first-order valence-electron chi connectivity index (χ1n) is 11.1. The second-order valence-electron chi connectivity index (χ2n) is 9.70. The Labute approximate surface area is 172 Å². The number of hydrogen-bond donors (Lipinski definition) is 2. The quantitative estimate of drug-likeness (QED) is 0.722. The molecule has 2 aromatic rings. The summed E-state index contributed by atoms with van der Waals surface area (Å²) in [6, 6.07) is 13.4. The second-order valence-corrected chi connectivity index (χ2v) is 9.70. The number of aliphatic hydroxyl groups excluding tert-OH is 1. The average Bonchev–Trinajstić information content (AvgIpc) is 3.04. The summed E-state index contributed by atoms with van der Waals surface area (Å²) >= 11 is 0. The fourth-order valence-corrected chi connectivity index (χ4v) is 6.67. The van der Waals surface area contributed by atoms with Crippen LogP contribution in [0.5, 0.6) is 5.75 Å². The Balaban J connectivity index is 1.45. The Bertz CT molecular complexity index is 934. The Hall–Kier alpha value is -2.13. The molecule has 5 atom stereocenters. The van der Waals surface area contributed by atoms with E-state index in [1.165, 1.54) is 11.1 Å². The van der Waals surface area contributed by atoms with Crippen LogP contribution >= 0.6 is 0 Å². The van der Waals surface area contributed by atoms with Gasteiger partial charge < -0.3 is 10.2 Å². The van der Waals surface area contributed by atoms with Gasteiger partial charge in [-0.25, -0.2) is 0 Å². The maximum Gasteiger partial charge on any atom is 0.167 e. The van der Waals surface area contributed by atoms with Crippen molar-refractivity contribution in [1.82, 2.24) is 0 Å². The van der Waals surface area contributed by atoms with Crippen LogP contribution in [-0.4, -0.2) is 22.1 Å². The molecule has 0 bridgehead atoms. The molecule has 0 heterocycles. The number of rotatable bonds is 3. The summed E-state index contributed by atoms with van der Waals surface area (Å²) in [7, 11) is 0. The molecule has 0 aliphatic heterocycles. The zero-order valence-corrected chi connectivity index (χ0v) is 17.1. The summed E-state index contributed by atoms with van der Waals surface area (Å²) in [5.41, 5.74) is 4.11. The highest BCUT2D eigenvalue weighted by Gasteiger charge is 2.54. The van der Waals surface area contributed by atoms with Crippen molar-refractivity contribution in [3.05, 3.63) is 64.7 Å². The molecule has 2 N–H and O–H groups in total. The van der Waals surface area contributed by atoms with E-state index in [-0.39, 0.29) is 29.5 Å². The highest BCUT2D eigenvalue weighted by Crippen LogP contribution is 2.61. The lowest BCUT2D eigenvalue weighted by Crippen LogP contribution is -2.43. The SMILES string of the molecule is C[C@]12CC[C@@H]3c4cc(CC(=O)c5ccccc5)c(O)cc4CC[C@H]3[C@@H]1CC[C@@H]2O. The van der Waals surface area contributed by atoms with Crippen molar-refractivity contribution in [2.45, 2.75) is 63.9 Å². The molecular weight excluding hydrogens is 360 g/mol. The third kappa shape index (κ3) is 3.02. The molecule has 3 heteroatoms. The van der Waals surface area contributed by atoms with Crippen molar-refractivity contribution >= 4 is 5.78 Å². The molecule has 3 aliphatic rings. The van der Waals surface area contributed by atoms with Crippen LogP contribution in [0.4, 0.5) is 0 Å². The summed E-state index contributed by atoms with van der Waals surface area (Å²) in [5.74, 6) is 1.99. The van der Waals surface area contributed by atoms with Crippen LogP contribution < -0.4 is 0 Å². The molecule has 2 saturated carbocycles. The van der Waals surface area contributed by atoms with Gasteiger partial charge in [0.25, 0.3) is 0 Å². The van der Waals surface area contributed by atoms with Gasteiger partial charge in [0, 0.05) is 17.5 Å². The number of phenolic OH excluding ortho intramolecular Hbond substituents is 1. The van der Waals surface area contributed by atoms with Crippen LogP contribution in [-0.2, 0) is 12.8 Å². The molecule has 0 spiro atoms. The first kappa shape index (κ1) is 18.9. The third-order valence-corrected chi connectivity index (χ3v) is 8.32. The van der Waals surface area contributed by atoms with Crippen LogP contribution in [0, 0.1) is 17.3 Å². The molecule has 2 fully saturated rings. The van der Waals surface area contributed by atoms with Crippen LogP contribution in [0.3, 0.4) is 0 Å². The number of benzene rings is 2. The third-order valence-electron chi connectivity index (χ3n) is 8.32. The van der Waals surface area contributed by atoms with Crippen molar-refractivity contribution < 1.29 is 15.0 Å². The monoisotopic (exact) mass is 390 g/mol. The predicted molar refractivity (Wildman–Crippen MR) is 113 cm³/mol. The van der Waals surface area contributed by atoms with E-state index in [2.05, 4.69) is 13.0 Å². The van der Waals surface area contributed by atoms with Crippen molar-refractivity contribution in [1.29, 1.82) is 0 Å². The number of carbonyl (C=O) groups is 1. The van der Waals surface area contributed by atoms with E-state index in [1.54, 1.807) is 0 Å². The number of hydrogen-bond acceptors (Lipinski definition) is 3. The molecule has 152 valence electrons. The van der Waals surface area contributed by atoms with Gasteiger partial charge in [-0.3, -0.25) is 4.79 Å². The summed E-state index contributed by atoms with van der Waals surface area (Å²) in [6.45, 7) is 2.29. The first-order chi connectivity index (χ1) is 14.0. The van der Waals surface area contributed by atoms with Gasteiger partial charge in [0.1, 0.15) is 5.75 Å². The number of Topliss-reactive ketones (excluding diaryl/α,β-unsaturated/α-hetero) is 1. The minimum atomic E-state index is -0.159. The maximum atomic E-state index is 12.7. The molecule has 3 nitrogen and oxygen atoms in total. The molecule has 0 radical (unpaired) electrons. The minimum absolute atomic E-state index is 0.0448. The molecular formula is C26H30O3. The molecule has 0 saturated heterocycles. The number of fused-ring (bicyclic) bond motifs is 5. The summed E-state index contributed by atoms with van der Waals surface area (Å²) in [6.07, 6.45) is 6.44. The van der Waals surface area contributed by atoms with Gasteiger partial charge in [-0.05, 0) is 78.9 Å². The van der Waals surface area contributed by atoms with Crippen LogP contribution in [0.1, 0.15) is 72.0 Å². The van der Waals surface area contributed by atoms with Gasteiger partial charge >= 0.3 is 0 Å². The molecule has 0 aromatic heterocycles. The maximum absolute atomic E-state index is 12.7. The Kier molecular flexibility index (Phi) is 4.54. The predicted octanol–water partition coefficient (Wildman–Crippen LogP) is 5.03. The van der Waals surface area contributed by atoms with E-state index in [9.17, 15) is 15.0 Å². The molecule has 2 aromatic carbocycles. The number of aliphatic hydroxyl groups is 1. The van der Waals surface area contributed by atoms with E-state index in [1.807, 2.05) is 36.4 Å². The van der Waals surface area contributed by atoms with Gasteiger partial charge in [-0.1, -0.05) is 43.3 Å². The van der Waals surface area contributed by atoms with Gasteiger partial charge in [-0.2, -0.15) is 0 Å². The second kappa shape index (κ2) is 6.98. The Morgan fingerprint density at radius 3 is 2.69 bits per heavy atom. The lowest BCUT2D eigenvalue weighted by atomic mass is 9.55. The average molecular weight is 391 g/mol. The lowest BCUT2D eigenvalue weighted by Gasteiger charge is -2.50. The summed E-state index contributed by atoms with van der Waals surface area (Å²) in [4.78, 5) is 12.7. The van der Waals surface area contributed by atoms with Crippen LogP contribution in [0.15, 0.2) is 42.5 Å². The normalized spacial score (nSPS) is 32.9. The van der Waals surface area contributed by atoms with Crippen molar-refractivity contribution in [3.63, 3.8) is 0 Å². The number of carbonyl (C=O) groups excluding carboxylic acids is 1. The topological polar surface area (TPSA) is 57.5 Å². The highest BCUT2D eigenvalue weighted by molar-refractivity contribution is 5.97. The van der Waals surface area contributed by atoms with Crippen molar-refractivity contribution in [3.8, 4) is 5.75 Å². The summed E-state index contributed by atoms with van der Waals surface area (Å²) in [5, 5.41) is 21.2. The highest BCUT2D eigenvalue weighted by atomic mass is 16.3. The fraction of sp³-hybridized carbons (Fsp3) is 0.500. The van der Waals surface area contributed by atoms with E-state index in [0.717, 1.165) is 44.1 Å². The van der Waals surface area contributed by atoms with Gasteiger partial charge in [0.15, 0.2) is 5.78 Å². The number of aromatic hydroxyl groups is 1. The van der Waals surface area contributed by atoms with E-state index in [4.69, 9.17) is 0 Å². The summed E-state index contributed by atoms with van der Waals surface area (Å²) < 4.78 is 0. The molecule has 0 amide bonds. The number of ketones is 1. The first-order valence-corrected chi connectivity index (χ1v) is 11.1. The number of aryl methyl sites for hydroxylation is 1. The molecule has 29 heavy (non-hydrogen) atoms. The van der Waals surface area contributed by atoms with Crippen LogP contribution in [0.25, 0.3) is 0 Å². The van der Waals surface area contributed by atoms with E-state index < -0.39 is 0 Å².